The molecule has 0 radical (unpaired) electrons. The van der Waals surface area contributed by atoms with Gasteiger partial charge in [0, 0.05) is 10.6 Å². The molecule has 5 nitrogen and oxygen atoms in total. The predicted molar refractivity (Wildman–Crippen MR) is 99.0 cm³/mol. The van der Waals surface area contributed by atoms with Gasteiger partial charge in [-0.05, 0) is 36.8 Å². The predicted octanol–water partition coefficient (Wildman–Crippen LogP) is 4.01. The first kappa shape index (κ1) is 17.6. The van der Waals surface area contributed by atoms with Crippen molar-refractivity contribution in [1.82, 2.24) is 0 Å². The lowest BCUT2D eigenvalue weighted by atomic mass is 10.1. The van der Waals surface area contributed by atoms with E-state index in [2.05, 4.69) is 0 Å². The molecule has 0 saturated carbocycles. The number of benzene rings is 2. The van der Waals surface area contributed by atoms with E-state index in [0.717, 1.165) is 6.42 Å². The molecule has 26 heavy (non-hydrogen) atoms. The van der Waals surface area contributed by atoms with Gasteiger partial charge in [0.1, 0.15) is 12.4 Å². The summed E-state index contributed by atoms with van der Waals surface area (Å²) in [6, 6.07) is 12.4. The van der Waals surface area contributed by atoms with E-state index in [1.807, 2.05) is 6.07 Å². The Morgan fingerprint density at radius 1 is 1.08 bits per heavy atom. The van der Waals surface area contributed by atoms with Crippen LogP contribution < -0.4 is 9.64 Å². The monoisotopic (exact) mass is 393 g/mol. The third-order valence-corrected chi connectivity index (χ3v) is 4.99. The number of carbonyl (C=O) groups is 1. The maximum absolute atomic E-state index is 13.1. The summed E-state index contributed by atoms with van der Waals surface area (Å²) < 4.78 is 17.3. The largest absolute Gasteiger partial charge is 0.492 e. The van der Waals surface area contributed by atoms with Crippen molar-refractivity contribution in [2.45, 2.75) is 12.2 Å². The summed E-state index contributed by atoms with van der Waals surface area (Å²) in [5.41, 5.74) is 1.28. The maximum Gasteiger partial charge on any atom is 0.292 e. The topological polar surface area (TPSA) is 48.0 Å². The number of amides is 1. The van der Waals surface area contributed by atoms with Crippen molar-refractivity contribution in [3.8, 4) is 5.75 Å². The molecule has 2 aromatic rings. The fraction of sp³-hybridized carbons (Fsp3) is 0.316. The molecule has 1 saturated heterocycles. The highest BCUT2D eigenvalue weighted by atomic mass is 35.5. The number of hydrogen-bond donors (Lipinski definition) is 0. The summed E-state index contributed by atoms with van der Waals surface area (Å²) in [4.78, 5) is 14.7. The molecule has 1 spiro atoms. The fourth-order valence-corrected chi connectivity index (χ4v) is 3.66. The lowest BCUT2D eigenvalue weighted by molar-refractivity contribution is -0.256. The van der Waals surface area contributed by atoms with Gasteiger partial charge in [-0.15, -0.1) is 0 Å². The Kier molecular flexibility index (Phi) is 4.80. The summed E-state index contributed by atoms with van der Waals surface area (Å²) in [7, 11) is 0. The van der Waals surface area contributed by atoms with E-state index < -0.39 is 5.79 Å². The van der Waals surface area contributed by atoms with Crippen molar-refractivity contribution in [3.63, 3.8) is 0 Å². The third kappa shape index (κ3) is 2.95. The van der Waals surface area contributed by atoms with Crippen LogP contribution in [0.4, 0.5) is 5.69 Å². The molecule has 0 N–H and O–H groups in total. The smallest absolute Gasteiger partial charge is 0.292 e. The molecule has 1 amide bonds. The normalized spacial score (nSPS) is 18.2. The Morgan fingerprint density at radius 3 is 2.54 bits per heavy atom. The summed E-state index contributed by atoms with van der Waals surface area (Å²) in [5.74, 6) is -0.973. The van der Waals surface area contributed by atoms with Gasteiger partial charge in [-0.2, -0.15) is 0 Å². The maximum atomic E-state index is 13.1. The number of halogens is 2. The summed E-state index contributed by atoms with van der Waals surface area (Å²) in [6.07, 6.45) is 0.755. The third-order valence-electron chi connectivity index (χ3n) is 4.43. The first-order valence-electron chi connectivity index (χ1n) is 8.39. The highest BCUT2D eigenvalue weighted by molar-refractivity contribution is 6.35. The minimum absolute atomic E-state index is 0.264. The average molecular weight is 394 g/mol. The second-order valence-electron chi connectivity index (χ2n) is 6.06. The molecule has 1 fully saturated rings. The van der Waals surface area contributed by atoms with E-state index in [0.29, 0.717) is 53.4 Å². The number of rotatable bonds is 4. The van der Waals surface area contributed by atoms with Crippen LogP contribution in [-0.4, -0.2) is 32.3 Å². The Hall–Kier alpha value is -1.79. The molecule has 136 valence electrons. The molecule has 4 rings (SSSR count). The minimum Gasteiger partial charge on any atom is -0.492 e. The number of para-hydroxylation sites is 1. The number of nitrogens with zero attached hydrogens (tertiary/aromatic N) is 1. The van der Waals surface area contributed by atoms with Crippen LogP contribution in [0.2, 0.25) is 10.0 Å². The van der Waals surface area contributed by atoms with E-state index in [-0.39, 0.29) is 5.91 Å². The van der Waals surface area contributed by atoms with Crippen molar-refractivity contribution in [1.29, 1.82) is 0 Å². The molecule has 0 atom stereocenters. The molecule has 0 unspecified atom stereocenters. The second-order valence-corrected chi connectivity index (χ2v) is 6.91. The van der Waals surface area contributed by atoms with E-state index in [9.17, 15) is 4.79 Å². The van der Waals surface area contributed by atoms with Crippen LogP contribution in [-0.2, 0) is 20.1 Å². The van der Waals surface area contributed by atoms with Gasteiger partial charge in [0.15, 0.2) is 0 Å². The van der Waals surface area contributed by atoms with Gasteiger partial charge in [-0.25, -0.2) is 0 Å². The van der Waals surface area contributed by atoms with Crippen molar-refractivity contribution in [2.24, 2.45) is 0 Å². The Bertz CT molecular complexity index is 819. The highest BCUT2D eigenvalue weighted by Crippen LogP contribution is 2.48. The lowest BCUT2D eigenvalue weighted by Crippen LogP contribution is -2.48. The Morgan fingerprint density at radius 2 is 1.81 bits per heavy atom. The van der Waals surface area contributed by atoms with Crippen LogP contribution >= 0.6 is 23.2 Å². The van der Waals surface area contributed by atoms with E-state index >= 15 is 0 Å². The molecule has 2 aliphatic rings. The summed E-state index contributed by atoms with van der Waals surface area (Å²) >= 11 is 12.3. The molecule has 2 aliphatic heterocycles. The van der Waals surface area contributed by atoms with Gasteiger partial charge in [0.25, 0.3) is 11.7 Å². The zero-order valence-corrected chi connectivity index (χ0v) is 15.4. The zero-order chi connectivity index (χ0) is 18.1. The van der Waals surface area contributed by atoms with Crippen LogP contribution in [0.3, 0.4) is 0 Å². The molecular weight excluding hydrogens is 377 g/mol. The van der Waals surface area contributed by atoms with Crippen molar-refractivity contribution < 1.29 is 19.0 Å². The number of anilines is 1. The molecule has 7 heteroatoms. The molecule has 0 aliphatic carbocycles. The Balaban J connectivity index is 1.56. The lowest BCUT2D eigenvalue weighted by Gasteiger charge is -2.32. The van der Waals surface area contributed by atoms with Gasteiger partial charge in [0.2, 0.25) is 0 Å². The number of ether oxygens (including phenoxy) is 3. The molecule has 2 aromatic carbocycles. The molecule has 0 aromatic heterocycles. The molecule has 0 bridgehead atoms. The first-order valence-corrected chi connectivity index (χ1v) is 9.15. The van der Waals surface area contributed by atoms with Crippen molar-refractivity contribution >= 4 is 34.8 Å². The van der Waals surface area contributed by atoms with Gasteiger partial charge in [0.05, 0.1) is 30.5 Å². The molecule has 2 heterocycles. The van der Waals surface area contributed by atoms with Crippen LogP contribution in [0.25, 0.3) is 0 Å². The van der Waals surface area contributed by atoms with Crippen LogP contribution in [0.1, 0.15) is 12.0 Å². The standard InChI is InChI=1S/C19H17Cl2NO4/c20-13-5-7-14(8-6-13)24-12-9-22-17-15(3-1-4-16(17)21)19(18(22)23)25-10-2-11-26-19/h1,3-8H,2,9-12H2. The van der Waals surface area contributed by atoms with Crippen molar-refractivity contribution in [3.05, 3.63) is 58.1 Å². The van der Waals surface area contributed by atoms with Gasteiger partial charge in [-0.1, -0.05) is 35.3 Å². The highest BCUT2D eigenvalue weighted by Gasteiger charge is 2.55. The van der Waals surface area contributed by atoms with E-state index in [1.54, 1.807) is 41.3 Å². The van der Waals surface area contributed by atoms with E-state index in [1.165, 1.54) is 0 Å². The van der Waals surface area contributed by atoms with Crippen molar-refractivity contribution in [2.75, 3.05) is 31.3 Å². The average Bonchev–Trinajstić information content (AvgIpc) is 2.88. The fourth-order valence-electron chi connectivity index (χ4n) is 3.26. The van der Waals surface area contributed by atoms with Gasteiger partial charge >= 0.3 is 0 Å². The quantitative estimate of drug-likeness (QED) is 0.787. The summed E-state index contributed by atoms with van der Waals surface area (Å²) in [5, 5.41) is 1.12. The minimum atomic E-state index is -1.39. The second kappa shape index (κ2) is 7.08. The number of carbonyl (C=O) groups excluding carboxylic acids is 1. The van der Waals surface area contributed by atoms with Gasteiger partial charge < -0.3 is 19.1 Å². The zero-order valence-electron chi connectivity index (χ0n) is 13.9. The van der Waals surface area contributed by atoms with E-state index in [4.69, 9.17) is 37.4 Å². The van der Waals surface area contributed by atoms with Crippen LogP contribution in [0, 0.1) is 0 Å². The Labute approximate surface area is 161 Å². The number of fused-ring (bicyclic) bond motifs is 2. The SMILES string of the molecule is O=C1N(CCOc2ccc(Cl)cc2)c2c(Cl)cccc2C12OCCCO2. The molecular formula is C19H17Cl2NO4. The van der Waals surface area contributed by atoms with Crippen LogP contribution in [0.5, 0.6) is 5.75 Å². The van der Waals surface area contributed by atoms with Crippen LogP contribution in [0.15, 0.2) is 42.5 Å². The summed E-state index contributed by atoms with van der Waals surface area (Å²) in [6.45, 7) is 1.56. The van der Waals surface area contributed by atoms with Gasteiger partial charge in [-0.3, -0.25) is 4.79 Å². The first-order chi connectivity index (χ1) is 12.6. The number of hydrogen-bond acceptors (Lipinski definition) is 4.